The van der Waals surface area contributed by atoms with E-state index in [4.69, 9.17) is 0 Å². The molecule has 226 valence electrons. The quantitative estimate of drug-likeness (QED) is 0.331. The number of aliphatic hydroxyl groups excluding tert-OH is 1. The number of Topliss-reactive ketones (excluding diaryl/α,β-unsaturated/α-hetero) is 1. The molecular formula is C31H42F2N2O5S. The van der Waals surface area contributed by atoms with Gasteiger partial charge >= 0.3 is 0 Å². The number of sulfonamides is 1. The summed E-state index contributed by atoms with van der Waals surface area (Å²) in [6, 6.07) is 8.14. The van der Waals surface area contributed by atoms with Gasteiger partial charge in [0.05, 0.1) is 12.4 Å². The lowest BCUT2D eigenvalue weighted by atomic mass is 9.79. The molecule has 1 aliphatic rings. The highest BCUT2D eigenvalue weighted by atomic mass is 32.2. The first-order valence-electron chi connectivity index (χ1n) is 14.3. The van der Waals surface area contributed by atoms with Crippen LogP contribution in [0.2, 0.25) is 0 Å². The van der Waals surface area contributed by atoms with Crippen molar-refractivity contribution < 1.29 is 31.9 Å². The van der Waals surface area contributed by atoms with Crippen LogP contribution in [-0.4, -0.2) is 73.0 Å². The Labute approximate surface area is 242 Å². The topological polar surface area (TPSA) is 95.0 Å². The lowest BCUT2D eigenvalue weighted by Crippen LogP contribution is -2.45. The van der Waals surface area contributed by atoms with Crippen molar-refractivity contribution in [1.29, 1.82) is 0 Å². The average Bonchev–Trinajstić information content (AvgIpc) is 2.90. The first kappa shape index (κ1) is 32.8. The molecule has 0 radical (unpaired) electrons. The minimum absolute atomic E-state index is 0.0232. The van der Waals surface area contributed by atoms with Crippen molar-refractivity contribution in [2.24, 2.45) is 11.8 Å². The van der Waals surface area contributed by atoms with Gasteiger partial charge in [-0.1, -0.05) is 13.8 Å². The van der Waals surface area contributed by atoms with Crippen molar-refractivity contribution >= 4 is 21.7 Å². The summed E-state index contributed by atoms with van der Waals surface area (Å²) in [4.78, 5) is 28.7. The van der Waals surface area contributed by atoms with Crippen LogP contribution in [-0.2, 0) is 16.4 Å². The second kappa shape index (κ2) is 14.5. The van der Waals surface area contributed by atoms with Gasteiger partial charge in [-0.3, -0.25) is 9.59 Å². The molecule has 0 bridgehead atoms. The molecule has 3 rings (SSSR count). The van der Waals surface area contributed by atoms with Gasteiger partial charge in [0.2, 0.25) is 10.0 Å². The number of nitrogens with zero attached hydrogens (tertiary/aromatic N) is 2. The third-order valence-corrected chi connectivity index (χ3v) is 8.91. The summed E-state index contributed by atoms with van der Waals surface area (Å²) in [6.45, 7) is 7.48. The van der Waals surface area contributed by atoms with Crippen molar-refractivity contribution in [3.05, 3.63) is 70.3 Å². The SMILES string of the molecule is CCCN(CCC)C(=O)c1cc(C)cc(C(=O)CC(Cc2cc(F)cc(F)c2)[C@H](O)C2CCCN(S(C)(=O)=O)C2)c1. The van der Waals surface area contributed by atoms with Gasteiger partial charge in [-0.15, -0.1) is 0 Å². The maximum Gasteiger partial charge on any atom is 0.253 e. The number of carbonyl (C=O) groups excluding carboxylic acids is 2. The fraction of sp³-hybridized carbons (Fsp3) is 0.548. The van der Waals surface area contributed by atoms with Crippen LogP contribution in [0, 0.1) is 30.4 Å². The lowest BCUT2D eigenvalue weighted by molar-refractivity contribution is 0.0232. The summed E-state index contributed by atoms with van der Waals surface area (Å²) < 4.78 is 53.7. The van der Waals surface area contributed by atoms with Gasteiger partial charge in [0.25, 0.3) is 5.91 Å². The van der Waals surface area contributed by atoms with Crippen LogP contribution in [0.5, 0.6) is 0 Å². The van der Waals surface area contributed by atoms with Crippen molar-refractivity contribution in [2.75, 3.05) is 32.4 Å². The van der Waals surface area contributed by atoms with E-state index < -0.39 is 39.6 Å². The summed E-state index contributed by atoms with van der Waals surface area (Å²) in [5, 5.41) is 11.5. The minimum atomic E-state index is -3.47. The molecule has 2 unspecified atom stereocenters. The minimum Gasteiger partial charge on any atom is -0.392 e. The van der Waals surface area contributed by atoms with E-state index in [1.54, 1.807) is 30.0 Å². The maximum absolute atomic E-state index is 14.0. The Morgan fingerprint density at radius 1 is 1.02 bits per heavy atom. The van der Waals surface area contributed by atoms with E-state index >= 15 is 0 Å². The Morgan fingerprint density at radius 3 is 2.22 bits per heavy atom. The van der Waals surface area contributed by atoms with Crippen LogP contribution >= 0.6 is 0 Å². The molecule has 0 aromatic heterocycles. The number of hydrogen-bond donors (Lipinski definition) is 1. The van der Waals surface area contributed by atoms with Crippen molar-refractivity contribution in [1.82, 2.24) is 9.21 Å². The van der Waals surface area contributed by atoms with Crippen LogP contribution in [0.1, 0.15) is 77.8 Å². The highest BCUT2D eigenvalue weighted by Gasteiger charge is 2.35. The van der Waals surface area contributed by atoms with E-state index in [-0.39, 0.29) is 31.1 Å². The zero-order chi connectivity index (χ0) is 30.3. The zero-order valence-corrected chi connectivity index (χ0v) is 25.2. The van der Waals surface area contributed by atoms with Crippen LogP contribution in [0.4, 0.5) is 8.78 Å². The fourth-order valence-electron chi connectivity index (χ4n) is 5.74. The number of benzene rings is 2. The molecule has 1 amide bonds. The highest BCUT2D eigenvalue weighted by Crippen LogP contribution is 2.30. The standard InChI is InChI=1S/C31H42F2N2O5S/c1-5-9-34(10-6-2)31(38)26-13-21(3)12-24(17-26)29(36)18-25(14-22-15-27(32)19-28(33)16-22)30(37)23-8-7-11-35(20-23)41(4,39)40/h12-13,15-17,19,23,25,30,37H,5-11,14,18,20H2,1-4H3/t23?,25?,30-/m1/s1. The normalized spacial score (nSPS) is 17.7. The van der Waals surface area contributed by atoms with Gasteiger partial charge in [0.1, 0.15) is 11.6 Å². The van der Waals surface area contributed by atoms with E-state index in [1.165, 1.54) is 16.4 Å². The van der Waals surface area contributed by atoms with E-state index in [0.717, 1.165) is 30.7 Å². The number of amides is 1. The number of aliphatic hydroxyl groups is 1. The largest absolute Gasteiger partial charge is 0.392 e. The Morgan fingerprint density at radius 2 is 1.63 bits per heavy atom. The molecule has 2 aromatic carbocycles. The van der Waals surface area contributed by atoms with Crippen LogP contribution in [0.25, 0.3) is 0 Å². The summed E-state index contributed by atoms with van der Waals surface area (Å²) in [7, 11) is -3.47. The number of ketones is 1. The first-order valence-corrected chi connectivity index (χ1v) is 16.2. The highest BCUT2D eigenvalue weighted by molar-refractivity contribution is 7.88. The Balaban J connectivity index is 1.91. The van der Waals surface area contributed by atoms with Crippen LogP contribution in [0.3, 0.4) is 0 Å². The summed E-state index contributed by atoms with van der Waals surface area (Å²) in [5.41, 5.74) is 1.78. The van der Waals surface area contributed by atoms with Gasteiger partial charge in [0, 0.05) is 49.8 Å². The molecule has 1 fully saturated rings. The molecule has 0 spiro atoms. The number of aryl methyl sites for hydroxylation is 1. The number of hydrogen-bond acceptors (Lipinski definition) is 5. The van der Waals surface area contributed by atoms with E-state index in [1.807, 2.05) is 13.8 Å². The van der Waals surface area contributed by atoms with Crippen molar-refractivity contribution in [3.63, 3.8) is 0 Å². The molecule has 3 atom stereocenters. The molecule has 0 saturated carbocycles. The van der Waals surface area contributed by atoms with Crippen LogP contribution in [0.15, 0.2) is 36.4 Å². The molecular weight excluding hydrogens is 550 g/mol. The molecule has 10 heteroatoms. The third kappa shape index (κ3) is 9.15. The van der Waals surface area contributed by atoms with Gasteiger partial charge in [-0.05, 0) is 92.3 Å². The first-order chi connectivity index (χ1) is 19.3. The lowest BCUT2D eigenvalue weighted by Gasteiger charge is -2.36. The molecule has 1 aliphatic heterocycles. The van der Waals surface area contributed by atoms with Gasteiger partial charge in [-0.25, -0.2) is 21.5 Å². The number of piperidine rings is 1. The van der Waals surface area contributed by atoms with Gasteiger partial charge in [-0.2, -0.15) is 0 Å². The van der Waals surface area contributed by atoms with E-state index in [2.05, 4.69) is 0 Å². The zero-order valence-electron chi connectivity index (χ0n) is 24.4. The molecule has 41 heavy (non-hydrogen) atoms. The second-order valence-corrected chi connectivity index (χ2v) is 13.2. The molecule has 7 nitrogen and oxygen atoms in total. The molecule has 1 saturated heterocycles. The Hall–Kier alpha value is -2.69. The van der Waals surface area contributed by atoms with Gasteiger partial charge < -0.3 is 10.0 Å². The van der Waals surface area contributed by atoms with Crippen molar-refractivity contribution in [3.8, 4) is 0 Å². The average molecular weight is 593 g/mol. The van der Waals surface area contributed by atoms with E-state index in [0.29, 0.717) is 49.2 Å². The summed E-state index contributed by atoms with van der Waals surface area (Å²) >= 11 is 0. The molecule has 2 aromatic rings. The molecule has 1 N–H and O–H groups in total. The number of rotatable bonds is 13. The summed E-state index contributed by atoms with van der Waals surface area (Å²) in [5.74, 6) is -3.15. The van der Waals surface area contributed by atoms with Crippen LogP contribution < -0.4 is 0 Å². The third-order valence-electron chi connectivity index (χ3n) is 7.64. The maximum atomic E-state index is 14.0. The predicted molar refractivity (Wildman–Crippen MR) is 155 cm³/mol. The number of halogens is 2. The fourth-order valence-corrected chi connectivity index (χ4v) is 6.67. The number of carbonyl (C=O) groups is 2. The molecule has 1 heterocycles. The monoisotopic (exact) mass is 592 g/mol. The van der Waals surface area contributed by atoms with Crippen molar-refractivity contribution in [2.45, 2.75) is 65.4 Å². The smallest absolute Gasteiger partial charge is 0.253 e. The Bertz CT molecular complexity index is 1310. The second-order valence-electron chi connectivity index (χ2n) is 11.3. The Kier molecular flexibility index (Phi) is 11.6. The predicted octanol–water partition coefficient (Wildman–Crippen LogP) is 5.00. The molecule has 0 aliphatic carbocycles. The van der Waals surface area contributed by atoms with Gasteiger partial charge in [0.15, 0.2) is 5.78 Å². The van der Waals surface area contributed by atoms with E-state index in [9.17, 15) is 31.9 Å². The summed E-state index contributed by atoms with van der Waals surface area (Å²) in [6.07, 6.45) is 2.64.